The maximum absolute atomic E-state index is 12.6. The fourth-order valence-electron chi connectivity index (χ4n) is 2.93. The highest BCUT2D eigenvalue weighted by Crippen LogP contribution is 2.31. The number of para-hydroxylation sites is 2. The van der Waals surface area contributed by atoms with Gasteiger partial charge < -0.3 is 5.32 Å². The van der Waals surface area contributed by atoms with Crippen LogP contribution in [0.5, 0.6) is 0 Å². The third kappa shape index (κ3) is 2.72. The smallest absolute Gasteiger partial charge is 0.247 e. The van der Waals surface area contributed by atoms with Crippen LogP contribution in [0.15, 0.2) is 54.6 Å². The quantitative estimate of drug-likeness (QED) is 0.925. The molecule has 3 rings (SSSR count). The van der Waals surface area contributed by atoms with Crippen molar-refractivity contribution in [2.24, 2.45) is 0 Å². The minimum absolute atomic E-state index is 0.111. The Balaban J connectivity index is 1.87. The van der Waals surface area contributed by atoms with Gasteiger partial charge in [0.25, 0.3) is 0 Å². The molecule has 2 aromatic rings. The molecule has 2 amide bonds. The second kappa shape index (κ2) is 6.02. The molecule has 4 nitrogen and oxygen atoms in total. The number of amides is 2. The first-order chi connectivity index (χ1) is 10.7. The number of hydrogen-bond acceptors (Lipinski definition) is 2. The number of benzene rings is 2. The van der Waals surface area contributed by atoms with Crippen molar-refractivity contribution in [2.45, 2.75) is 25.8 Å². The van der Waals surface area contributed by atoms with Crippen molar-refractivity contribution in [3.63, 3.8) is 0 Å². The van der Waals surface area contributed by atoms with Crippen molar-refractivity contribution in [3.8, 4) is 0 Å². The number of carbonyl (C=O) groups is 2. The predicted molar refractivity (Wildman–Crippen MR) is 86.8 cm³/mol. The van der Waals surface area contributed by atoms with Gasteiger partial charge in [0.1, 0.15) is 6.04 Å². The molecule has 1 atom stereocenters. The van der Waals surface area contributed by atoms with Gasteiger partial charge in [0.05, 0.1) is 0 Å². The molecule has 0 saturated carbocycles. The number of nitrogens with one attached hydrogen (secondary N) is 1. The molecular weight excluding hydrogens is 276 g/mol. The zero-order valence-corrected chi connectivity index (χ0v) is 12.5. The first-order valence-corrected chi connectivity index (χ1v) is 7.40. The van der Waals surface area contributed by atoms with Gasteiger partial charge in [0.2, 0.25) is 11.8 Å². The molecule has 22 heavy (non-hydrogen) atoms. The second-order valence-electron chi connectivity index (χ2n) is 5.43. The number of rotatable bonds is 2. The molecule has 0 saturated heterocycles. The van der Waals surface area contributed by atoms with Crippen LogP contribution in [0.2, 0.25) is 0 Å². The van der Waals surface area contributed by atoms with E-state index in [2.05, 4.69) is 5.32 Å². The minimum atomic E-state index is -0.465. The van der Waals surface area contributed by atoms with Crippen molar-refractivity contribution < 1.29 is 9.59 Å². The van der Waals surface area contributed by atoms with E-state index in [1.807, 2.05) is 54.6 Å². The van der Waals surface area contributed by atoms with E-state index in [1.165, 1.54) is 6.92 Å². The van der Waals surface area contributed by atoms with E-state index in [1.54, 1.807) is 4.90 Å². The first kappa shape index (κ1) is 14.3. The highest BCUT2D eigenvalue weighted by Gasteiger charge is 2.33. The van der Waals surface area contributed by atoms with Crippen LogP contribution in [0.3, 0.4) is 0 Å². The summed E-state index contributed by atoms with van der Waals surface area (Å²) in [6, 6.07) is 16.6. The van der Waals surface area contributed by atoms with Gasteiger partial charge in [-0.3, -0.25) is 14.5 Å². The van der Waals surface area contributed by atoms with E-state index in [0.717, 1.165) is 23.4 Å². The zero-order valence-electron chi connectivity index (χ0n) is 12.5. The molecule has 1 N–H and O–H groups in total. The Bertz CT molecular complexity index is 697. The summed E-state index contributed by atoms with van der Waals surface area (Å²) in [5.41, 5.74) is 2.70. The molecule has 0 fully saturated rings. The SMILES string of the molecule is CC(=O)N1c2ccccc2CCC1C(=O)Nc1ccccc1. The summed E-state index contributed by atoms with van der Waals surface area (Å²) in [6.45, 7) is 1.50. The number of anilines is 2. The highest BCUT2D eigenvalue weighted by molar-refractivity contribution is 6.05. The van der Waals surface area contributed by atoms with Gasteiger partial charge >= 0.3 is 0 Å². The summed E-state index contributed by atoms with van der Waals surface area (Å²) in [6.07, 6.45) is 1.43. The number of carbonyl (C=O) groups excluding carboxylic acids is 2. The summed E-state index contributed by atoms with van der Waals surface area (Å²) in [4.78, 5) is 26.3. The van der Waals surface area contributed by atoms with Gasteiger partial charge in [-0.25, -0.2) is 0 Å². The fourth-order valence-corrected chi connectivity index (χ4v) is 2.93. The standard InChI is InChI=1S/C18H18N2O2/c1-13(21)20-16-10-6-5-7-14(16)11-12-17(20)18(22)19-15-8-3-2-4-9-15/h2-10,17H,11-12H2,1H3,(H,19,22). The largest absolute Gasteiger partial charge is 0.324 e. The third-order valence-corrected chi connectivity index (χ3v) is 3.93. The normalized spacial score (nSPS) is 16.8. The molecule has 2 aromatic carbocycles. The number of aryl methyl sites for hydroxylation is 1. The van der Waals surface area contributed by atoms with E-state index in [4.69, 9.17) is 0 Å². The molecule has 1 unspecified atom stereocenters. The summed E-state index contributed by atoms with van der Waals surface area (Å²) >= 11 is 0. The lowest BCUT2D eigenvalue weighted by Gasteiger charge is -2.35. The molecule has 1 aliphatic heterocycles. The summed E-state index contributed by atoms with van der Waals surface area (Å²) < 4.78 is 0. The maximum Gasteiger partial charge on any atom is 0.247 e. The summed E-state index contributed by atoms with van der Waals surface area (Å²) in [5.74, 6) is -0.253. The monoisotopic (exact) mass is 294 g/mol. The summed E-state index contributed by atoms with van der Waals surface area (Å²) in [7, 11) is 0. The van der Waals surface area contributed by atoms with Crippen molar-refractivity contribution in [1.82, 2.24) is 0 Å². The van der Waals surface area contributed by atoms with Crippen LogP contribution in [0.1, 0.15) is 18.9 Å². The van der Waals surface area contributed by atoms with E-state index in [9.17, 15) is 9.59 Å². The molecule has 0 aliphatic carbocycles. The molecule has 1 aliphatic rings. The van der Waals surface area contributed by atoms with Crippen molar-refractivity contribution >= 4 is 23.2 Å². The van der Waals surface area contributed by atoms with Crippen LogP contribution < -0.4 is 10.2 Å². The Morgan fingerprint density at radius 1 is 1.05 bits per heavy atom. The van der Waals surface area contributed by atoms with Gasteiger partial charge in [0.15, 0.2) is 0 Å². The van der Waals surface area contributed by atoms with Crippen LogP contribution in [-0.2, 0) is 16.0 Å². The van der Waals surface area contributed by atoms with Crippen molar-refractivity contribution in [2.75, 3.05) is 10.2 Å². The molecular formula is C18H18N2O2. The van der Waals surface area contributed by atoms with Gasteiger partial charge in [-0.05, 0) is 36.6 Å². The Hall–Kier alpha value is -2.62. The van der Waals surface area contributed by atoms with E-state index in [0.29, 0.717) is 6.42 Å². The molecule has 112 valence electrons. The molecule has 4 heteroatoms. The average Bonchev–Trinajstić information content (AvgIpc) is 2.54. The third-order valence-electron chi connectivity index (χ3n) is 3.93. The first-order valence-electron chi connectivity index (χ1n) is 7.40. The van der Waals surface area contributed by atoms with Crippen molar-refractivity contribution in [3.05, 3.63) is 60.2 Å². The Labute approximate surface area is 129 Å². The molecule has 0 bridgehead atoms. The van der Waals surface area contributed by atoms with Gasteiger partial charge in [0, 0.05) is 18.3 Å². The number of hydrogen-bond donors (Lipinski definition) is 1. The lowest BCUT2D eigenvalue weighted by atomic mass is 9.95. The van der Waals surface area contributed by atoms with Crippen molar-refractivity contribution in [1.29, 1.82) is 0 Å². The molecule has 0 aromatic heterocycles. The lowest BCUT2D eigenvalue weighted by molar-refractivity contribution is -0.122. The lowest BCUT2D eigenvalue weighted by Crippen LogP contribution is -2.49. The molecule has 0 spiro atoms. The Kier molecular flexibility index (Phi) is 3.92. The van der Waals surface area contributed by atoms with E-state index in [-0.39, 0.29) is 11.8 Å². The van der Waals surface area contributed by atoms with Crippen LogP contribution in [-0.4, -0.2) is 17.9 Å². The van der Waals surface area contributed by atoms with Crippen LogP contribution in [0.25, 0.3) is 0 Å². The number of fused-ring (bicyclic) bond motifs is 1. The zero-order chi connectivity index (χ0) is 15.5. The fraction of sp³-hybridized carbons (Fsp3) is 0.222. The highest BCUT2D eigenvalue weighted by atomic mass is 16.2. The van der Waals surface area contributed by atoms with E-state index < -0.39 is 6.04 Å². The topological polar surface area (TPSA) is 49.4 Å². The van der Waals surface area contributed by atoms with Crippen LogP contribution in [0, 0.1) is 0 Å². The minimum Gasteiger partial charge on any atom is -0.324 e. The molecule has 0 radical (unpaired) electrons. The maximum atomic E-state index is 12.6. The Morgan fingerprint density at radius 2 is 1.73 bits per heavy atom. The van der Waals surface area contributed by atoms with Gasteiger partial charge in [-0.1, -0.05) is 36.4 Å². The van der Waals surface area contributed by atoms with Crippen LogP contribution in [0.4, 0.5) is 11.4 Å². The second-order valence-corrected chi connectivity index (χ2v) is 5.43. The van der Waals surface area contributed by atoms with Gasteiger partial charge in [-0.15, -0.1) is 0 Å². The van der Waals surface area contributed by atoms with Crippen LogP contribution >= 0.6 is 0 Å². The molecule has 1 heterocycles. The Morgan fingerprint density at radius 3 is 2.45 bits per heavy atom. The average molecular weight is 294 g/mol. The van der Waals surface area contributed by atoms with E-state index >= 15 is 0 Å². The summed E-state index contributed by atoms with van der Waals surface area (Å²) in [5, 5.41) is 2.89. The van der Waals surface area contributed by atoms with Gasteiger partial charge in [-0.2, -0.15) is 0 Å². The number of nitrogens with zero attached hydrogens (tertiary/aromatic N) is 1. The predicted octanol–water partition coefficient (Wildman–Crippen LogP) is 2.99.